The van der Waals surface area contributed by atoms with E-state index >= 15 is 0 Å². The van der Waals surface area contributed by atoms with Gasteiger partial charge in [-0.3, -0.25) is 9.59 Å². The van der Waals surface area contributed by atoms with Crippen LogP contribution < -0.4 is 10.9 Å². The van der Waals surface area contributed by atoms with Gasteiger partial charge in [-0.1, -0.05) is 73.5 Å². The summed E-state index contributed by atoms with van der Waals surface area (Å²) in [6.07, 6.45) is 4.15. The molecule has 1 fully saturated rings. The number of nitrogens with zero attached hydrogens (tertiary/aromatic N) is 2. The van der Waals surface area contributed by atoms with Gasteiger partial charge in [0.2, 0.25) is 0 Å². The van der Waals surface area contributed by atoms with Crippen molar-refractivity contribution in [1.29, 1.82) is 0 Å². The monoisotopic (exact) mass is 373 g/mol. The summed E-state index contributed by atoms with van der Waals surface area (Å²) in [5, 5.41) is 7.59. The highest BCUT2D eigenvalue weighted by Crippen LogP contribution is 2.32. The number of amides is 1. The molecule has 5 nitrogen and oxygen atoms in total. The molecule has 0 radical (unpaired) electrons. The van der Waals surface area contributed by atoms with Gasteiger partial charge in [0, 0.05) is 24.2 Å². The van der Waals surface area contributed by atoms with E-state index in [4.69, 9.17) is 0 Å². The maximum atomic E-state index is 13.2. The molecule has 3 aromatic rings. The van der Waals surface area contributed by atoms with E-state index in [1.54, 1.807) is 7.05 Å². The van der Waals surface area contributed by atoms with Crippen LogP contribution >= 0.6 is 0 Å². The van der Waals surface area contributed by atoms with Crippen LogP contribution in [0.1, 0.15) is 36.0 Å². The van der Waals surface area contributed by atoms with Crippen molar-refractivity contribution in [1.82, 2.24) is 15.1 Å². The minimum Gasteiger partial charge on any atom is -0.349 e. The van der Waals surface area contributed by atoms with Gasteiger partial charge in [-0.05, 0) is 18.4 Å². The lowest BCUT2D eigenvalue weighted by molar-refractivity contribution is 0.0936. The van der Waals surface area contributed by atoms with Crippen molar-refractivity contribution in [2.75, 3.05) is 0 Å². The standard InChI is InChI=1S/C23H23N3O2/c1-26-23(28)20(22(27)24-18-14-8-9-15-18)19(16-10-4-2-5-11-16)21(25-26)17-12-6-3-7-13-17/h2-7,10-13,18H,8-9,14-15H2,1H3,(H,24,27). The van der Waals surface area contributed by atoms with Gasteiger partial charge in [0.25, 0.3) is 11.5 Å². The van der Waals surface area contributed by atoms with E-state index in [1.165, 1.54) is 4.68 Å². The zero-order valence-corrected chi connectivity index (χ0v) is 15.9. The summed E-state index contributed by atoms with van der Waals surface area (Å²) in [5.41, 5.74) is 2.68. The van der Waals surface area contributed by atoms with Crippen molar-refractivity contribution in [2.24, 2.45) is 7.05 Å². The fourth-order valence-electron chi connectivity index (χ4n) is 3.85. The van der Waals surface area contributed by atoms with Gasteiger partial charge in [-0.15, -0.1) is 0 Å². The van der Waals surface area contributed by atoms with Crippen LogP contribution in [0.4, 0.5) is 0 Å². The second kappa shape index (κ2) is 7.80. The van der Waals surface area contributed by atoms with Gasteiger partial charge in [0.1, 0.15) is 5.56 Å². The molecular weight excluding hydrogens is 350 g/mol. The van der Waals surface area contributed by atoms with Crippen LogP contribution in [0.2, 0.25) is 0 Å². The fraction of sp³-hybridized carbons (Fsp3) is 0.261. The molecule has 0 saturated heterocycles. The summed E-state index contributed by atoms with van der Waals surface area (Å²) in [7, 11) is 1.59. The Morgan fingerprint density at radius 3 is 2.14 bits per heavy atom. The Kier molecular flexibility index (Phi) is 5.06. The number of nitrogens with one attached hydrogen (secondary N) is 1. The first-order valence-corrected chi connectivity index (χ1v) is 9.68. The molecule has 4 rings (SSSR count). The molecule has 142 valence electrons. The summed E-state index contributed by atoms with van der Waals surface area (Å²) in [6.45, 7) is 0. The predicted molar refractivity (Wildman–Crippen MR) is 110 cm³/mol. The average Bonchev–Trinajstić information content (AvgIpc) is 3.23. The molecule has 0 unspecified atom stereocenters. The predicted octanol–water partition coefficient (Wildman–Crippen LogP) is 3.79. The highest BCUT2D eigenvalue weighted by atomic mass is 16.2. The van der Waals surface area contributed by atoms with Crippen LogP contribution in [-0.2, 0) is 7.05 Å². The lowest BCUT2D eigenvalue weighted by Gasteiger charge is -2.17. The first-order valence-electron chi connectivity index (χ1n) is 9.68. The maximum Gasteiger partial charge on any atom is 0.280 e. The molecule has 0 spiro atoms. The number of hydrogen-bond acceptors (Lipinski definition) is 3. The summed E-state index contributed by atoms with van der Waals surface area (Å²) in [4.78, 5) is 26.2. The fourth-order valence-corrected chi connectivity index (χ4v) is 3.85. The van der Waals surface area contributed by atoms with Crippen LogP contribution in [0.25, 0.3) is 22.4 Å². The number of hydrogen-bond donors (Lipinski definition) is 1. The zero-order chi connectivity index (χ0) is 19.5. The van der Waals surface area contributed by atoms with E-state index in [-0.39, 0.29) is 23.1 Å². The molecule has 1 aliphatic carbocycles. The van der Waals surface area contributed by atoms with Crippen molar-refractivity contribution in [3.8, 4) is 22.4 Å². The average molecular weight is 373 g/mol. The van der Waals surface area contributed by atoms with E-state index in [0.717, 1.165) is 36.8 Å². The van der Waals surface area contributed by atoms with Crippen molar-refractivity contribution in [2.45, 2.75) is 31.7 Å². The lowest BCUT2D eigenvalue weighted by Crippen LogP contribution is -2.38. The Balaban J connectivity index is 1.94. The lowest BCUT2D eigenvalue weighted by atomic mass is 9.95. The number of benzene rings is 2. The van der Waals surface area contributed by atoms with Gasteiger partial charge in [-0.2, -0.15) is 5.10 Å². The molecule has 1 amide bonds. The minimum absolute atomic E-state index is 0.133. The molecule has 0 atom stereocenters. The Morgan fingerprint density at radius 1 is 0.964 bits per heavy atom. The minimum atomic E-state index is -0.381. The van der Waals surface area contributed by atoms with Gasteiger partial charge in [-0.25, -0.2) is 4.68 Å². The Morgan fingerprint density at radius 2 is 1.54 bits per heavy atom. The molecule has 2 aromatic carbocycles. The van der Waals surface area contributed by atoms with Crippen molar-refractivity contribution >= 4 is 5.91 Å². The van der Waals surface area contributed by atoms with E-state index in [9.17, 15) is 9.59 Å². The van der Waals surface area contributed by atoms with E-state index in [1.807, 2.05) is 60.7 Å². The normalized spacial score (nSPS) is 14.2. The molecule has 1 heterocycles. The van der Waals surface area contributed by atoms with Crippen LogP contribution in [-0.4, -0.2) is 21.7 Å². The van der Waals surface area contributed by atoms with Crippen molar-refractivity contribution in [3.63, 3.8) is 0 Å². The smallest absolute Gasteiger partial charge is 0.280 e. The van der Waals surface area contributed by atoms with E-state index in [0.29, 0.717) is 11.3 Å². The molecule has 0 aliphatic heterocycles. The van der Waals surface area contributed by atoms with Crippen LogP contribution in [0.15, 0.2) is 65.5 Å². The molecule has 0 bridgehead atoms. The van der Waals surface area contributed by atoms with E-state index < -0.39 is 0 Å². The molecule has 28 heavy (non-hydrogen) atoms. The Bertz CT molecular complexity index is 1040. The number of aryl methyl sites for hydroxylation is 1. The van der Waals surface area contributed by atoms with Gasteiger partial charge in [0.15, 0.2) is 0 Å². The van der Waals surface area contributed by atoms with Crippen molar-refractivity contribution < 1.29 is 4.79 Å². The molecule has 1 N–H and O–H groups in total. The third-order valence-electron chi connectivity index (χ3n) is 5.27. The second-order valence-corrected chi connectivity index (χ2v) is 7.21. The third kappa shape index (κ3) is 3.48. The van der Waals surface area contributed by atoms with E-state index in [2.05, 4.69) is 10.4 Å². The quantitative estimate of drug-likeness (QED) is 0.757. The second-order valence-electron chi connectivity index (χ2n) is 7.21. The Hall–Kier alpha value is -3.21. The number of carbonyl (C=O) groups is 1. The first kappa shape index (κ1) is 18.2. The van der Waals surface area contributed by atoms with Crippen LogP contribution in [0.5, 0.6) is 0 Å². The third-order valence-corrected chi connectivity index (χ3v) is 5.27. The highest BCUT2D eigenvalue weighted by Gasteiger charge is 2.26. The van der Waals surface area contributed by atoms with Gasteiger partial charge >= 0.3 is 0 Å². The molecule has 1 saturated carbocycles. The summed E-state index contributed by atoms with van der Waals surface area (Å²) in [5.74, 6) is -0.314. The molecular formula is C23H23N3O2. The number of carbonyl (C=O) groups excluding carboxylic acids is 1. The number of rotatable bonds is 4. The largest absolute Gasteiger partial charge is 0.349 e. The number of aromatic nitrogens is 2. The van der Waals surface area contributed by atoms with Gasteiger partial charge < -0.3 is 5.32 Å². The summed E-state index contributed by atoms with van der Waals surface area (Å²) < 4.78 is 1.26. The van der Waals surface area contributed by atoms with Gasteiger partial charge in [0.05, 0.1) is 5.69 Å². The van der Waals surface area contributed by atoms with Crippen molar-refractivity contribution in [3.05, 3.63) is 76.6 Å². The van der Waals surface area contributed by atoms with Crippen LogP contribution in [0.3, 0.4) is 0 Å². The molecule has 1 aliphatic rings. The topological polar surface area (TPSA) is 64.0 Å². The first-order chi connectivity index (χ1) is 13.6. The Labute approximate surface area is 164 Å². The maximum absolute atomic E-state index is 13.2. The molecule has 5 heteroatoms. The SMILES string of the molecule is Cn1nc(-c2ccccc2)c(-c2ccccc2)c(C(=O)NC2CCCC2)c1=O. The molecule has 1 aromatic heterocycles. The summed E-state index contributed by atoms with van der Waals surface area (Å²) in [6, 6.07) is 19.3. The summed E-state index contributed by atoms with van der Waals surface area (Å²) >= 11 is 0. The zero-order valence-electron chi connectivity index (χ0n) is 15.9. The highest BCUT2D eigenvalue weighted by molar-refractivity contribution is 6.03. The van der Waals surface area contributed by atoms with Crippen LogP contribution in [0, 0.1) is 0 Å².